The highest BCUT2D eigenvalue weighted by Crippen LogP contribution is 2.34. The van der Waals surface area contributed by atoms with Gasteiger partial charge in [0.2, 0.25) is 0 Å². The molecule has 2 aliphatic carbocycles. The van der Waals surface area contributed by atoms with Gasteiger partial charge in [-0.05, 0) is 31.6 Å². The van der Waals surface area contributed by atoms with Crippen LogP contribution in [0.3, 0.4) is 0 Å². The van der Waals surface area contributed by atoms with Gasteiger partial charge in [0.15, 0.2) is 0 Å². The summed E-state index contributed by atoms with van der Waals surface area (Å²) in [6.07, 6.45) is 8.88. The molecule has 0 amide bonds. The van der Waals surface area contributed by atoms with Crippen LogP contribution in [0, 0.1) is 5.92 Å². The van der Waals surface area contributed by atoms with Crippen LogP contribution in [0.1, 0.15) is 31.7 Å². The van der Waals surface area contributed by atoms with Crippen LogP contribution in [0.4, 0.5) is 0 Å². The highest BCUT2D eigenvalue weighted by Gasteiger charge is 2.27. The van der Waals surface area contributed by atoms with Gasteiger partial charge in [-0.2, -0.15) is 0 Å². The summed E-state index contributed by atoms with van der Waals surface area (Å²) in [5.41, 5.74) is 0.203. The molecular formula is C10H14N2O. The van der Waals surface area contributed by atoms with Crippen molar-refractivity contribution in [1.82, 2.24) is 9.13 Å². The van der Waals surface area contributed by atoms with Crippen LogP contribution < -0.4 is 5.69 Å². The van der Waals surface area contributed by atoms with E-state index < -0.39 is 0 Å². The summed E-state index contributed by atoms with van der Waals surface area (Å²) in [7, 11) is 0. The van der Waals surface area contributed by atoms with Crippen molar-refractivity contribution < 1.29 is 0 Å². The minimum absolute atomic E-state index is 0.203. The molecule has 0 spiro atoms. The van der Waals surface area contributed by atoms with E-state index in [0.717, 1.165) is 12.5 Å². The van der Waals surface area contributed by atoms with E-state index in [1.165, 1.54) is 25.7 Å². The average Bonchev–Trinajstić information content (AvgIpc) is 2.97. The van der Waals surface area contributed by atoms with Gasteiger partial charge < -0.3 is 0 Å². The van der Waals surface area contributed by atoms with Crippen molar-refractivity contribution in [3.8, 4) is 0 Å². The van der Waals surface area contributed by atoms with E-state index in [1.807, 2.05) is 21.5 Å². The van der Waals surface area contributed by atoms with Gasteiger partial charge in [0.1, 0.15) is 0 Å². The second kappa shape index (κ2) is 2.50. The molecule has 2 fully saturated rings. The lowest BCUT2D eigenvalue weighted by molar-refractivity contribution is 0.579. The normalized spacial score (nSPS) is 22.2. The van der Waals surface area contributed by atoms with E-state index in [4.69, 9.17) is 0 Å². The molecule has 0 aliphatic heterocycles. The molecule has 3 nitrogen and oxygen atoms in total. The fourth-order valence-electron chi connectivity index (χ4n) is 1.78. The zero-order chi connectivity index (χ0) is 8.84. The molecule has 0 aromatic carbocycles. The number of hydrogen-bond acceptors (Lipinski definition) is 1. The molecule has 70 valence electrons. The largest absolute Gasteiger partial charge is 0.328 e. The van der Waals surface area contributed by atoms with E-state index in [9.17, 15) is 4.79 Å². The molecule has 0 bridgehead atoms. The van der Waals surface area contributed by atoms with Gasteiger partial charge in [-0.3, -0.25) is 9.13 Å². The van der Waals surface area contributed by atoms with Gasteiger partial charge in [0.05, 0.1) is 0 Å². The Morgan fingerprint density at radius 1 is 1.23 bits per heavy atom. The third kappa shape index (κ3) is 1.32. The first kappa shape index (κ1) is 7.42. The van der Waals surface area contributed by atoms with Crippen molar-refractivity contribution in [3.63, 3.8) is 0 Å². The van der Waals surface area contributed by atoms with E-state index in [1.54, 1.807) is 0 Å². The second-order valence-electron chi connectivity index (χ2n) is 4.31. The van der Waals surface area contributed by atoms with Gasteiger partial charge in [-0.15, -0.1) is 0 Å². The molecule has 1 aromatic rings. The summed E-state index contributed by atoms with van der Waals surface area (Å²) in [5, 5.41) is 0. The number of nitrogens with zero attached hydrogens (tertiary/aromatic N) is 2. The van der Waals surface area contributed by atoms with Crippen molar-refractivity contribution in [2.45, 2.75) is 38.3 Å². The van der Waals surface area contributed by atoms with E-state index in [2.05, 4.69) is 0 Å². The Hall–Kier alpha value is -0.990. The van der Waals surface area contributed by atoms with Crippen LogP contribution >= 0.6 is 0 Å². The van der Waals surface area contributed by atoms with Crippen molar-refractivity contribution in [2.24, 2.45) is 5.92 Å². The quantitative estimate of drug-likeness (QED) is 0.687. The molecule has 2 saturated carbocycles. The summed E-state index contributed by atoms with van der Waals surface area (Å²) < 4.78 is 3.76. The van der Waals surface area contributed by atoms with Gasteiger partial charge in [0.25, 0.3) is 0 Å². The molecule has 1 heterocycles. The summed E-state index contributed by atoms with van der Waals surface area (Å²) >= 11 is 0. The number of rotatable bonds is 3. The molecule has 0 saturated heterocycles. The molecular weight excluding hydrogens is 164 g/mol. The number of hydrogen-bond donors (Lipinski definition) is 0. The number of imidazole rings is 1. The predicted molar refractivity (Wildman–Crippen MR) is 49.7 cm³/mol. The van der Waals surface area contributed by atoms with Gasteiger partial charge in [-0.25, -0.2) is 4.79 Å². The van der Waals surface area contributed by atoms with Gasteiger partial charge in [-0.1, -0.05) is 0 Å². The highest BCUT2D eigenvalue weighted by atomic mass is 16.1. The standard InChI is InChI=1S/C10H14N2O/c13-10-11(7-8-1-2-8)5-6-12(10)9-3-4-9/h5-6,8-9H,1-4,7H2. The first-order chi connectivity index (χ1) is 6.34. The lowest BCUT2D eigenvalue weighted by atomic mass is 10.4. The maximum absolute atomic E-state index is 11.7. The maximum Gasteiger partial charge on any atom is 0.328 e. The molecule has 3 heteroatoms. The molecule has 1 aromatic heterocycles. The lowest BCUT2D eigenvalue weighted by Crippen LogP contribution is -2.23. The molecule has 3 rings (SSSR count). The van der Waals surface area contributed by atoms with Crippen molar-refractivity contribution in [2.75, 3.05) is 0 Å². The van der Waals surface area contributed by atoms with Crippen LogP contribution in [0.2, 0.25) is 0 Å². The first-order valence-corrected chi connectivity index (χ1v) is 5.12. The molecule has 0 N–H and O–H groups in total. The summed E-state index contributed by atoms with van der Waals surface area (Å²) in [5.74, 6) is 0.785. The minimum atomic E-state index is 0.203. The van der Waals surface area contributed by atoms with Crippen LogP contribution in [-0.4, -0.2) is 9.13 Å². The van der Waals surface area contributed by atoms with Crippen LogP contribution in [-0.2, 0) is 6.54 Å². The fraction of sp³-hybridized carbons (Fsp3) is 0.700. The third-order valence-corrected chi connectivity index (χ3v) is 2.97. The van der Waals surface area contributed by atoms with Crippen molar-refractivity contribution in [1.29, 1.82) is 0 Å². The topological polar surface area (TPSA) is 26.9 Å². The van der Waals surface area contributed by atoms with Crippen molar-refractivity contribution in [3.05, 3.63) is 22.9 Å². The van der Waals surface area contributed by atoms with E-state index in [0.29, 0.717) is 6.04 Å². The van der Waals surface area contributed by atoms with Gasteiger partial charge in [0, 0.05) is 25.0 Å². The molecule has 2 aliphatic rings. The Balaban J connectivity index is 1.87. The summed E-state index contributed by atoms with van der Waals surface area (Å²) in [4.78, 5) is 11.7. The SMILES string of the molecule is O=c1n(CC2CC2)ccn1C1CC1. The summed E-state index contributed by atoms with van der Waals surface area (Å²) in [6.45, 7) is 0.943. The Bertz CT molecular complexity index is 369. The molecule has 0 atom stereocenters. The maximum atomic E-state index is 11.7. The zero-order valence-electron chi connectivity index (χ0n) is 7.65. The zero-order valence-corrected chi connectivity index (χ0v) is 7.65. The Kier molecular flexibility index (Phi) is 1.43. The predicted octanol–water partition coefficient (Wildman–Crippen LogP) is 1.39. The first-order valence-electron chi connectivity index (χ1n) is 5.12. The average molecular weight is 178 g/mol. The second-order valence-corrected chi connectivity index (χ2v) is 4.31. The Labute approximate surface area is 77.0 Å². The van der Waals surface area contributed by atoms with Crippen LogP contribution in [0.15, 0.2) is 17.2 Å². The third-order valence-electron chi connectivity index (χ3n) is 2.97. The van der Waals surface area contributed by atoms with E-state index >= 15 is 0 Å². The molecule has 0 unspecified atom stereocenters. The van der Waals surface area contributed by atoms with Crippen LogP contribution in [0.25, 0.3) is 0 Å². The Morgan fingerprint density at radius 3 is 2.62 bits per heavy atom. The monoisotopic (exact) mass is 178 g/mol. The number of aromatic nitrogens is 2. The van der Waals surface area contributed by atoms with Crippen molar-refractivity contribution >= 4 is 0 Å². The Morgan fingerprint density at radius 2 is 2.00 bits per heavy atom. The highest BCUT2D eigenvalue weighted by molar-refractivity contribution is 4.92. The lowest BCUT2D eigenvalue weighted by Gasteiger charge is -1.98. The van der Waals surface area contributed by atoms with Crippen LogP contribution in [0.5, 0.6) is 0 Å². The summed E-state index contributed by atoms with van der Waals surface area (Å²) in [6, 6.07) is 0.521. The fourth-order valence-corrected chi connectivity index (χ4v) is 1.78. The smallest absolute Gasteiger partial charge is 0.299 e. The molecule has 0 radical (unpaired) electrons. The minimum Gasteiger partial charge on any atom is -0.299 e. The molecule has 13 heavy (non-hydrogen) atoms. The van der Waals surface area contributed by atoms with E-state index in [-0.39, 0.29) is 5.69 Å². The van der Waals surface area contributed by atoms with Gasteiger partial charge >= 0.3 is 5.69 Å².